The Bertz CT molecular complexity index is 993. The largest absolute Gasteiger partial charge is 0.389 e. The lowest BCUT2D eigenvalue weighted by Crippen LogP contribution is -2.20. The zero-order valence-corrected chi connectivity index (χ0v) is 15.5. The summed E-state index contributed by atoms with van der Waals surface area (Å²) in [7, 11) is 0. The first-order chi connectivity index (χ1) is 13.5. The molecule has 3 N–H and O–H groups in total. The number of hydrogen-bond acceptors (Lipinski definition) is 6. The number of carbonyl (C=O) groups is 1. The maximum atomic E-state index is 14.0. The number of aromatic nitrogens is 3. The molecule has 10 heteroatoms. The van der Waals surface area contributed by atoms with Gasteiger partial charge in [-0.05, 0) is 25.0 Å². The van der Waals surface area contributed by atoms with Crippen LogP contribution in [0.4, 0.5) is 19.5 Å². The first-order valence-electron chi connectivity index (χ1n) is 8.67. The van der Waals surface area contributed by atoms with Gasteiger partial charge in [-0.1, -0.05) is 17.4 Å². The van der Waals surface area contributed by atoms with Crippen LogP contribution in [0.1, 0.15) is 29.4 Å². The molecule has 1 aromatic carbocycles. The molecule has 7 nitrogen and oxygen atoms in total. The van der Waals surface area contributed by atoms with E-state index in [1.54, 1.807) is 10.9 Å². The van der Waals surface area contributed by atoms with Crippen LogP contribution in [0.15, 0.2) is 30.6 Å². The molecule has 28 heavy (non-hydrogen) atoms. The third-order valence-corrected chi connectivity index (χ3v) is 5.37. The number of carbonyl (C=O) groups excluding carboxylic acids is 1. The molecule has 1 amide bonds. The molecular formula is C18H17F2N5O2S. The monoisotopic (exact) mass is 405 g/mol. The molecule has 1 aliphatic rings. The lowest BCUT2D eigenvalue weighted by molar-refractivity contribution is 0.0662. The third kappa shape index (κ3) is 3.60. The van der Waals surface area contributed by atoms with Crippen molar-refractivity contribution in [3.05, 3.63) is 47.9 Å². The highest BCUT2D eigenvalue weighted by Gasteiger charge is 2.22. The van der Waals surface area contributed by atoms with Gasteiger partial charge >= 0.3 is 0 Å². The van der Waals surface area contributed by atoms with Crippen LogP contribution >= 0.6 is 11.3 Å². The van der Waals surface area contributed by atoms with E-state index < -0.39 is 17.5 Å². The fourth-order valence-corrected chi connectivity index (χ4v) is 3.92. The molecule has 0 saturated carbocycles. The molecule has 0 unspecified atom stereocenters. The number of nitrogens with one attached hydrogen (secondary N) is 1. The minimum Gasteiger partial charge on any atom is -0.389 e. The van der Waals surface area contributed by atoms with Crippen molar-refractivity contribution < 1.29 is 18.3 Å². The second kappa shape index (κ2) is 7.64. The van der Waals surface area contributed by atoms with Gasteiger partial charge in [0.1, 0.15) is 21.6 Å². The standard InChI is InChI=1S/C18H17F2N5O2S/c19-12-2-1-3-13(20)14(12)18-24-15(16(21)28-18)17(26)23-10-8-22-25(9-10)11-4-6-27-7-5-11/h1-3,8-9,11H,4-7,21H2,(H,23,26). The van der Waals surface area contributed by atoms with Gasteiger partial charge < -0.3 is 15.8 Å². The van der Waals surface area contributed by atoms with Gasteiger partial charge in [0.15, 0.2) is 5.69 Å². The molecule has 0 atom stereocenters. The summed E-state index contributed by atoms with van der Waals surface area (Å²) in [6.07, 6.45) is 4.97. The van der Waals surface area contributed by atoms with Crippen LogP contribution in [-0.2, 0) is 4.74 Å². The number of halogens is 2. The second-order valence-electron chi connectivity index (χ2n) is 6.34. The zero-order valence-electron chi connectivity index (χ0n) is 14.7. The number of rotatable bonds is 4. The van der Waals surface area contributed by atoms with Crippen molar-refractivity contribution in [2.45, 2.75) is 18.9 Å². The fraction of sp³-hybridized carbons (Fsp3) is 0.278. The summed E-state index contributed by atoms with van der Waals surface area (Å²) in [4.78, 5) is 16.6. The molecule has 2 aromatic heterocycles. The van der Waals surface area contributed by atoms with Gasteiger partial charge in [-0.15, -0.1) is 0 Å². The zero-order chi connectivity index (χ0) is 19.7. The molecule has 3 heterocycles. The van der Waals surface area contributed by atoms with E-state index in [0.29, 0.717) is 18.9 Å². The van der Waals surface area contributed by atoms with Crippen molar-refractivity contribution in [2.75, 3.05) is 24.3 Å². The molecule has 0 bridgehead atoms. The minimum atomic E-state index is -0.765. The number of thiazole rings is 1. The Morgan fingerprint density at radius 2 is 2.00 bits per heavy atom. The Morgan fingerprint density at radius 3 is 2.71 bits per heavy atom. The van der Waals surface area contributed by atoms with Crippen LogP contribution in [0.3, 0.4) is 0 Å². The number of hydrogen-bond donors (Lipinski definition) is 2. The average Bonchev–Trinajstić information content (AvgIpc) is 3.29. The van der Waals surface area contributed by atoms with Gasteiger partial charge in [-0.25, -0.2) is 13.8 Å². The number of ether oxygens (including phenoxy) is 1. The summed E-state index contributed by atoms with van der Waals surface area (Å²) in [5.41, 5.74) is 5.98. The highest BCUT2D eigenvalue weighted by Crippen LogP contribution is 2.33. The lowest BCUT2D eigenvalue weighted by atomic mass is 10.1. The van der Waals surface area contributed by atoms with E-state index in [1.165, 1.54) is 12.3 Å². The molecule has 1 fully saturated rings. The van der Waals surface area contributed by atoms with Crippen molar-refractivity contribution in [3.8, 4) is 10.6 Å². The second-order valence-corrected chi connectivity index (χ2v) is 7.37. The number of benzene rings is 1. The maximum absolute atomic E-state index is 14.0. The Balaban J connectivity index is 1.53. The van der Waals surface area contributed by atoms with Gasteiger partial charge in [0, 0.05) is 19.4 Å². The van der Waals surface area contributed by atoms with E-state index in [2.05, 4.69) is 15.4 Å². The summed E-state index contributed by atoms with van der Waals surface area (Å²) in [6.45, 7) is 1.36. The van der Waals surface area contributed by atoms with E-state index in [9.17, 15) is 13.6 Å². The van der Waals surface area contributed by atoms with E-state index in [0.717, 1.165) is 36.3 Å². The summed E-state index contributed by atoms with van der Waals surface area (Å²) in [6, 6.07) is 3.73. The van der Waals surface area contributed by atoms with Crippen LogP contribution in [0, 0.1) is 11.6 Å². The first-order valence-corrected chi connectivity index (χ1v) is 9.48. The van der Waals surface area contributed by atoms with Crippen LogP contribution in [0.5, 0.6) is 0 Å². The maximum Gasteiger partial charge on any atom is 0.277 e. The van der Waals surface area contributed by atoms with E-state index in [-0.39, 0.29) is 27.3 Å². The number of nitrogen functional groups attached to an aromatic ring is 1. The highest BCUT2D eigenvalue weighted by molar-refractivity contribution is 7.19. The molecule has 0 spiro atoms. The molecular weight excluding hydrogens is 388 g/mol. The summed E-state index contributed by atoms with van der Waals surface area (Å²) in [5.74, 6) is -2.10. The summed E-state index contributed by atoms with van der Waals surface area (Å²) < 4.78 is 35.1. The highest BCUT2D eigenvalue weighted by atomic mass is 32.1. The Morgan fingerprint density at radius 1 is 1.29 bits per heavy atom. The van der Waals surface area contributed by atoms with Gasteiger partial charge in [-0.2, -0.15) is 5.10 Å². The molecule has 1 saturated heterocycles. The fourth-order valence-electron chi connectivity index (χ4n) is 3.05. The van der Waals surface area contributed by atoms with Gasteiger partial charge in [-0.3, -0.25) is 9.48 Å². The normalized spacial score (nSPS) is 14.9. The molecule has 0 aliphatic carbocycles. The smallest absolute Gasteiger partial charge is 0.277 e. The number of amides is 1. The van der Waals surface area contributed by atoms with E-state index in [1.807, 2.05) is 0 Å². The van der Waals surface area contributed by atoms with Gasteiger partial charge in [0.25, 0.3) is 5.91 Å². The Hall–Kier alpha value is -2.85. The summed E-state index contributed by atoms with van der Waals surface area (Å²) >= 11 is 0.854. The van der Waals surface area contributed by atoms with Crippen molar-refractivity contribution >= 4 is 27.9 Å². The van der Waals surface area contributed by atoms with E-state index >= 15 is 0 Å². The minimum absolute atomic E-state index is 0.0103. The Kier molecular flexibility index (Phi) is 5.05. The predicted octanol–water partition coefficient (Wildman–Crippen LogP) is 3.47. The topological polar surface area (TPSA) is 95.1 Å². The average molecular weight is 405 g/mol. The van der Waals surface area contributed by atoms with Crippen LogP contribution in [0.2, 0.25) is 0 Å². The van der Waals surface area contributed by atoms with Crippen molar-refractivity contribution in [1.29, 1.82) is 0 Å². The quantitative estimate of drug-likeness (QED) is 0.693. The van der Waals surface area contributed by atoms with Crippen molar-refractivity contribution in [3.63, 3.8) is 0 Å². The van der Waals surface area contributed by atoms with Crippen molar-refractivity contribution in [1.82, 2.24) is 14.8 Å². The molecule has 0 radical (unpaired) electrons. The first kappa shape index (κ1) is 18.5. The van der Waals surface area contributed by atoms with Crippen LogP contribution in [-0.4, -0.2) is 33.9 Å². The van der Waals surface area contributed by atoms with Gasteiger partial charge in [0.2, 0.25) is 0 Å². The molecule has 3 aromatic rings. The SMILES string of the molecule is Nc1sc(-c2c(F)cccc2F)nc1C(=O)Nc1cnn(C2CCOCC2)c1. The molecule has 146 valence electrons. The van der Waals surface area contributed by atoms with E-state index in [4.69, 9.17) is 10.5 Å². The lowest BCUT2D eigenvalue weighted by Gasteiger charge is -2.22. The van der Waals surface area contributed by atoms with Crippen LogP contribution in [0.25, 0.3) is 10.6 Å². The molecule has 4 rings (SSSR count). The number of nitrogens with two attached hydrogens (primary N) is 1. The third-order valence-electron chi connectivity index (χ3n) is 4.47. The summed E-state index contributed by atoms with van der Waals surface area (Å²) in [5, 5.41) is 7.05. The number of anilines is 2. The van der Waals surface area contributed by atoms with Gasteiger partial charge in [0.05, 0.1) is 23.5 Å². The van der Waals surface area contributed by atoms with Crippen LogP contribution < -0.4 is 11.1 Å². The Labute approximate surface area is 163 Å². The van der Waals surface area contributed by atoms with Crippen molar-refractivity contribution in [2.24, 2.45) is 0 Å². The predicted molar refractivity (Wildman–Crippen MR) is 101 cm³/mol. The number of nitrogens with zero attached hydrogens (tertiary/aromatic N) is 3. The molecule has 1 aliphatic heterocycles.